The number of hydrogen-bond donors (Lipinski definition) is 0. The van der Waals surface area contributed by atoms with E-state index in [1.807, 2.05) is 0 Å². The van der Waals surface area contributed by atoms with Gasteiger partial charge < -0.3 is 0 Å². The normalized spacial score (nSPS) is 19.1. The van der Waals surface area contributed by atoms with Gasteiger partial charge in [-0.05, 0) is 22.6 Å². The molecule has 1 saturated heterocycles. The van der Waals surface area contributed by atoms with Crippen LogP contribution >= 0.6 is 7.92 Å². The summed E-state index contributed by atoms with van der Waals surface area (Å²) in [5.41, 5.74) is 2.93. The van der Waals surface area contributed by atoms with Crippen LogP contribution in [0.15, 0.2) is 91.0 Å². The number of benzene rings is 3. The van der Waals surface area contributed by atoms with Crippen molar-refractivity contribution in [3.05, 3.63) is 102 Å². The summed E-state index contributed by atoms with van der Waals surface area (Å²) >= 11 is 0. The Bertz CT molecular complexity index is 680. The van der Waals surface area contributed by atoms with Crippen molar-refractivity contribution in [3.8, 4) is 0 Å². The van der Waals surface area contributed by atoms with Crippen molar-refractivity contribution in [2.24, 2.45) is 0 Å². The van der Waals surface area contributed by atoms with Crippen LogP contribution in [0.5, 0.6) is 0 Å². The van der Waals surface area contributed by atoms with Crippen molar-refractivity contribution in [2.45, 2.75) is 5.16 Å². The molecule has 0 bridgehead atoms. The molecular formula is C20H17P. The van der Waals surface area contributed by atoms with Crippen LogP contribution in [0.2, 0.25) is 0 Å². The fourth-order valence-electron chi connectivity index (χ4n) is 3.20. The van der Waals surface area contributed by atoms with E-state index in [1.165, 1.54) is 22.6 Å². The molecule has 0 amide bonds. The smallest absolute Gasteiger partial charge is 0.0485 e. The van der Waals surface area contributed by atoms with Crippen molar-refractivity contribution in [3.63, 3.8) is 0 Å². The Morgan fingerprint density at radius 2 is 1.00 bits per heavy atom. The van der Waals surface area contributed by atoms with Crippen LogP contribution in [0.3, 0.4) is 0 Å². The molecule has 3 aromatic carbocycles. The second-order valence-corrected chi connectivity index (χ2v) is 7.97. The Kier molecular flexibility index (Phi) is 3.13. The minimum absolute atomic E-state index is 0.146. The summed E-state index contributed by atoms with van der Waals surface area (Å²) in [6.45, 7) is 0. The number of rotatable bonds is 3. The van der Waals surface area contributed by atoms with Crippen LogP contribution in [0, 0.1) is 0 Å². The molecule has 1 heterocycles. The monoisotopic (exact) mass is 288 g/mol. The van der Waals surface area contributed by atoms with E-state index >= 15 is 0 Å². The zero-order valence-corrected chi connectivity index (χ0v) is 12.7. The molecular weight excluding hydrogens is 271 g/mol. The molecule has 3 aromatic rings. The van der Waals surface area contributed by atoms with Gasteiger partial charge in [0.05, 0.1) is 0 Å². The lowest BCUT2D eigenvalue weighted by atomic mass is 9.93. The van der Waals surface area contributed by atoms with E-state index in [0.717, 1.165) is 0 Å². The van der Waals surface area contributed by atoms with E-state index in [2.05, 4.69) is 91.0 Å². The maximum Gasteiger partial charge on any atom is 0.0485 e. The average molecular weight is 288 g/mol. The first kappa shape index (κ1) is 12.8. The molecule has 0 spiro atoms. The molecule has 102 valence electrons. The third kappa shape index (κ3) is 2.11. The molecule has 1 aliphatic heterocycles. The molecule has 0 aromatic heterocycles. The maximum absolute atomic E-state index is 2.29. The summed E-state index contributed by atoms with van der Waals surface area (Å²) in [7, 11) is -0.146. The van der Waals surface area contributed by atoms with Crippen molar-refractivity contribution >= 4 is 13.2 Å². The summed E-state index contributed by atoms with van der Waals surface area (Å²) < 4.78 is 0. The summed E-state index contributed by atoms with van der Waals surface area (Å²) in [5.74, 6) is 0. The zero-order valence-electron chi connectivity index (χ0n) is 11.8. The summed E-state index contributed by atoms with van der Waals surface area (Å²) in [5, 5.41) is 1.74. The van der Waals surface area contributed by atoms with Crippen LogP contribution in [0.1, 0.15) is 11.1 Å². The van der Waals surface area contributed by atoms with Crippen LogP contribution in [-0.2, 0) is 5.16 Å². The third-order valence-corrected chi connectivity index (χ3v) is 7.24. The summed E-state index contributed by atoms with van der Waals surface area (Å²) in [4.78, 5) is 0. The van der Waals surface area contributed by atoms with Gasteiger partial charge in [-0.2, -0.15) is 0 Å². The predicted octanol–water partition coefficient (Wildman–Crippen LogP) is 4.75. The lowest BCUT2D eigenvalue weighted by Crippen LogP contribution is -2.11. The third-order valence-electron chi connectivity index (χ3n) is 4.31. The van der Waals surface area contributed by atoms with E-state index in [9.17, 15) is 0 Å². The highest BCUT2D eigenvalue weighted by molar-refractivity contribution is 7.74. The van der Waals surface area contributed by atoms with Crippen LogP contribution in [-0.4, -0.2) is 6.16 Å². The first-order valence-electron chi connectivity index (χ1n) is 7.35. The van der Waals surface area contributed by atoms with E-state index in [1.54, 1.807) is 0 Å². The highest BCUT2D eigenvalue weighted by atomic mass is 31.1. The van der Waals surface area contributed by atoms with Crippen molar-refractivity contribution in [1.29, 1.82) is 0 Å². The Labute approximate surface area is 127 Å². The highest BCUT2D eigenvalue weighted by Gasteiger charge is 2.56. The van der Waals surface area contributed by atoms with E-state index < -0.39 is 0 Å². The van der Waals surface area contributed by atoms with E-state index in [0.29, 0.717) is 0 Å². The fraction of sp³-hybridized carbons (Fsp3) is 0.100. The average Bonchev–Trinajstić information content (AvgIpc) is 3.34. The SMILES string of the molecule is c1ccc(P2CC2(c2ccccc2)c2ccccc2)cc1. The van der Waals surface area contributed by atoms with Gasteiger partial charge in [-0.15, -0.1) is 0 Å². The van der Waals surface area contributed by atoms with Crippen LogP contribution in [0.4, 0.5) is 0 Å². The fourth-order valence-corrected chi connectivity index (χ4v) is 6.24. The topological polar surface area (TPSA) is 0 Å². The van der Waals surface area contributed by atoms with Crippen LogP contribution < -0.4 is 5.30 Å². The second-order valence-electron chi connectivity index (χ2n) is 5.51. The molecule has 0 aliphatic carbocycles. The molecule has 1 unspecified atom stereocenters. The Morgan fingerprint density at radius 3 is 1.48 bits per heavy atom. The molecule has 1 aliphatic rings. The van der Waals surface area contributed by atoms with Gasteiger partial charge in [0.2, 0.25) is 0 Å². The molecule has 0 radical (unpaired) electrons. The first-order valence-corrected chi connectivity index (χ1v) is 8.88. The van der Waals surface area contributed by atoms with Crippen molar-refractivity contribution in [1.82, 2.24) is 0 Å². The predicted molar refractivity (Wildman–Crippen MR) is 91.5 cm³/mol. The quantitative estimate of drug-likeness (QED) is 0.610. The Balaban J connectivity index is 1.83. The first-order chi connectivity index (χ1) is 10.4. The van der Waals surface area contributed by atoms with E-state index in [4.69, 9.17) is 0 Å². The van der Waals surface area contributed by atoms with Gasteiger partial charge in [0.25, 0.3) is 0 Å². The zero-order chi connectivity index (χ0) is 14.1. The summed E-state index contributed by atoms with van der Waals surface area (Å²) in [6.07, 6.45) is 1.26. The molecule has 0 N–H and O–H groups in total. The molecule has 1 fully saturated rings. The highest BCUT2D eigenvalue weighted by Crippen LogP contribution is 2.75. The van der Waals surface area contributed by atoms with Crippen molar-refractivity contribution in [2.75, 3.05) is 6.16 Å². The maximum atomic E-state index is 2.29. The van der Waals surface area contributed by atoms with Gasteiger partial charge in [-0.3, -0.25) is 0 Å². The number of hydrogen-bond acceptors (Lipinski definition) is 0. The van der Waals surface area contributed by atoms with Gasteiger partial charge in [-0.1, -0.05) is 98.9 Å². The standard InChI is InChI=1S/C20H17P/c1-4-10-17(11-5-1)20(18-12-6-2-7-13-18)16-21(20)19-14-8-3-9-15-19/h1-15H,16H2. The Morgan fingerprint density at radius 1 is 0.571 bits per heavy atom. The van der Waals surface area contributed by atoms with Crippen LogP contribution in [0.25, 0.3) is 0 Å². The molecule has 0 saturated carbocycles. The van der Waals surface area contributed by atoms with Crippen molar-refractivity contribution < 1.29 is 0 Å². The second kappa shape index (κ2) is 5.13. The van der Waals surface area contributed by atoms with Gasteiger partial charge in [-0.25, -0.2) is 0 Å². The minimum Gasteiger partial charge on any atom is -0.0622 e. The van der Waals surface area contributed by atoms with Gasteiger partial charge >= 0.3 is 0 Å². The van der Waals surface area contributed by atoms with Gasteiger partial charge in [0.15, 0.2) is 0 Å². The molecule has 21 heavy (non-hydrogen) atoms. The molecule has 1 atom stereocenters. The minimum atomic E-state index is -0.146. The van der Waals surface area contributed by atoms with E-state index in [-0.39, 0.29) is 13.1 Å². The molecule has 4 rings (SSSR count). The summed E-state index contributed by atoms with van der Waals surface area (Å²) in [6, 6.07) is 33.0. The van der Waals surface area contributed by atoms with Gasteiger partial charge in [0.1, 0.15) is 0 Å². The molecule has 1 heteroatoms. The Hall–Kier alpha value is -1.91. The lowest BCUT2D eigenvalue weighted by Gasteiger charge is -2.19. The largest absolute Gasteiger partial charge is 0.0622 e. The molecule has 0 nitrogen and oxygen atoms in total. The lowest BCUT2D eigenvalue weighted by molar-refractivity contribution is 0.942. The van der Waals surface area contributed by atoms with Gasteiger partial charge in [0, 0.05) is 5.16 Å².